The van der Waals surface area contributed by atoms with Crippen LogP contribution in [0.4, 0.5) is 5.82 Å². The van der Waals surface area contributed by atoms with Crippen molar-refractivity contribution in [2.45, 2.75) is 46.6 Å². The first-order chi connectivity index (χ1) is 7.95. The van der Waals surface area contributed by atoms with Crippen molar-refractivity contribution in [3.8, 4) is 0 Å². The smallest absolute Gasteiger partial charge is 0.136 e. The molecule has 0 radical (unpaired) electrons. The van der Waals surface area contributed by atoms with Gasteiger partial charge in [0, 0.05) is 11.7 Å². The normalized spacial score (nSPS) is 12.2. The molecule has 3 N–H and O–H groups in total. The third-order valence-electron chi connectivity index (χ3n) is 2.70. The fourth-order valence-corrected chi connectivity index (χ4v) is 2.25. The molecule has 3 nitrogen and oxygen atoms in total. The fourth-order valence-electron chi connectivity index (χ4n) is 1.99. The van der Waals surface area contributed by atoms with Gasteiger partial charge >= 0.3 is 0 Å². The number of aryl methyl sites for hydroxylation is 2. The first kappa shape index (κ1) is 13.9. The van der Waals surface area contributed by atoms with Gasteiger partial charge in [-0.05, 0) is 38.8 Å². The second-order valence-corrected chi connectivity index (χ2v) is 4.94. The SMILES string of the molecule is CCCC(C)Nc1nc(C)cc(C)c1C(N)=S. The minimum Gasteiger partial charge on any atom is -0.389 e. The fraction of sp³-hybridized carbons (Fsp3) is 0.538. The number of nitrogens with one attached hydrogen (secondary N) is 1. The zero-order chi connectivity index (χ0) is 13.0. The van der Waals surface area contributed by atoms with E-state index in [0.29, 0.717) is 11.0 Å². The molecule has 1 aromatic rings. The molecule has 4 heteroatoms. The Bertz CT molecular complexity index is 415. The van der Waals surface area contributed by atoms with Gasteiger partial charge in [0.25, 0.3) is 0 Å². The maximum Gasteiger partial charge on any atom is 0.136 e. The molecule has 0 amide bonds. The van der Waals surface area contributed by atoms with Crippen molar-refractivity contribution >= 4 is 23.0 Å². The summed E-state index contributed by atoms with van der Waals surface area (Å²) < 4.78 is 0. The van der Waals surface area contributed by atoms with Crippen LogP contribution in [0.1, 0.15) is 43.5 Å². The van der Waals surface area contributed by atoms with Gasteiger partial charge in [0.2, 0.25) is 0 Å². The van der Waals surface area contributed by atoms with Crippen LogP contribution in [0.5, 0.6) is 0 Å². The van der Waals surface area contributed by atoms with Gasteiger partial charge in [0.1, 0.15) is 10.8 Å². The molecular formula is C13H21N3S. The predicted octanol–water partition coefficient (Wildman–Crippen LogP) is 2.93. The predicted molar refractivity (Wildman–Crippen MR) is 77.6 cm³/mol. The summed E-state index contributed by atoms with van der Waals surface area (Å²) in [6, 6.07) is 2.38. The molecule has 0 spiro atoms. The molecule has 1 aromatic heterocycles. The summed E-state index contributed by atoms with van der Waals surface area (Å²) in [6.45, 7) is 8.30. The summed E-state index contributed by atoms with van der Waals surface area (Å²) in [5.41, 5.74) is 8.70. The van der Waals surface area contributed by atoms with E-state index in [9.17, 15) is 0 Å². The van der Waals surface area contributed by atoms with Crippen molar-refractivity contribution in [3.63, 3.8) is 0 Å². The highest BCUT2D eigenvalue weighted by Crippen LogP contribution is 2.20. The van der Waals surface area contributed by atoms with Gasteiger partial charge in [-0.15, -0.1) is 0 Å². The lowest BCUT2D eigenvalue weighted by Crippen LogP contribution is -2.21. The van der Waals surface area contributed by atoms with Crippen LogP contribution in [0, 0.1) is 13.8 Å². The lowest BCUT2D eigenvalue weighted by atomic mass is 10.1. The van der Waals surface area contributed by atoms with Crippen molar-refractivity contribution in [1.82, 2.24) is 4.98 Å². The lowest BCUT2D eigenvalue weighted by Gasteiger charge is -2.18. The van der Waals surface area contributed by atoms with E-state index < -0.39 is 0 Å². The van der Waals surface area contributed by atoms with Crippen LogP contribution in [-0.4, -0.2) is 16.0 Å². The molecule has 94 valence electrons. The number of rotatable bonds is 5. The molecule has 0 saturated heterocycles. The highest BCUT2D eigenvalue weighted by atomic mass is 32.1. The average molecular weight is 251 g/mol. The van der Waals surface area contributed by atoms with Crippen molar-refractivity contribution in [2.24, 2.45) is 5.73 Å². The van der Waals surface area contributed by atoms with Crippen LogP contribution >= 0.6 is 12.2 Å². The van der Waals surface area contributed by atoms with E-state index in [4.69, 9.17) is 18.0 Å². The monoisotopic (exact) mass is 251 g/mol. The van der Waals surface area contributed by atoms with E-state index in [1.165, 1.54) is 0 Å². The van der Waals surface area contributed by atoms with Crippen LogP contribution in [0.15, 0.2) is 6.07 Å². The van der Waals surface area contributed by atoms with Gasteiger partial charge in [-0.2, -0.15) is 0 Å². The number of anilines is 1. The van der Waals surface area contributed by atoms with Crippen molar-refractivity contribution in [3.05, 3.63) is 22.9 Å². The second-order valence-electron chi connectivity index (χ2n) is 4.50. The standard InChI is InChI=1S/C13H21N3S/c1-5-6-9(3)15-13-11(12(14)17)8(2)7-10(4)16-13/h7,9H,5-6H2,1-4H3,(H2,14,17)(H,15,16). The first-order valence-corrected chi connectivity index (χ1v) is 6.41. The molecule has 0 aliphatic carbocycles. The highest BCUT2D eigenvalue weighted by Gasteiger charge is 2.13. The van der Waals surface area contributed by atoms with Crippen molar-refractivity contribution < 1.29 is 0 Å². The van der Waals surface area contributed by atoms with Gasteiger partial charge in [-0.25, -0.2) is 4.98 Å². The molecule has 0 saturated carbocycles. The van der Waals surface area contributed by atoms with E-state index in [1.54, 1.807) is 0 Å². The number of hydrogen-bond donors (Lipinski definition) is 2. The van der Waals surface area contributed by atoms with Gasteiger partial charge in [-0.1, -0.05) is 25.6 Å². The van der Waals surface area contributed by atoms with Gasteiger partial charge in [0.05, 0.1) is 5.56 Å². The molecule has 1 rings (SSSR count). The maximum absolute atomic E-state index is 5.77. The minimum atomic E-state index is 0.377. The Kier molecular flexibility index (Phi) is 4.87. The third-order valence-corrected chi connectivity index (χ3v) is 2.90. The highest BCUT2D eigenvalue weighted by molar-refractivity contribution is 7.80. The summed E-state index contributed by atoms with van der Waals surface area (Å²) in [4.78, 5) is 4.90. The van der Waals surface area contributed by atoms with Gasteiger partial charge < -0.3 is 11.1 Å². The topological polar surface area (TPSA) is 50.9 Å². The number of pyridine rings is 1. The number of hydrogen-bond acceptors (Lipinski definition) is 3. The molecule has 1 atom stereocenters. The Morgan fingerprint density at radius 2 is 2.18 bits per heavy atom. The quantitative estimate of drug-likeness (QED) is 0.790. The molecule has 0 aliphatic rings. The number of aromatic nitrogens is 1. The Hall–Kier alpha value is -1.16. The van der Waals surface area contributed by atoms with Gasteiger partial charge in [0.15, 0.2) is 0 Å². The maximum atomic E-state index is 5.77. The third kappa shape index (κ3) is 3.66. The zero-order valence-corrected chi connectivity index (χ0v) is 11.8. The average Bonchev–Trinajstić information content (AvgIpc) is 2.15. The largest absolute Gasteiger partial charge is 0.389 e. The van der Waals surface area contributed by atoms with Crippen LogP contribution in [0.2, 0.25) is 0 Å². The van der Waals surface area contributed by atoms with E-state index in [0.717, 1.165) is 35.5 Å². The van der Waals surface area contributed by atoms with Crippen LogP contribution in [0.25, 0.3) is 0 Å². The molecule has 0 aliphatic heterocycles. The summed E-state index contributed by atoms with van der Waals surface area (Å²) in [5, 5.41) is 3.40. The number of nitrogens with zero attached hydrogens (tertiary/aromatic N) is 1. The molecule has 1 heterocycles. The number of nitrogens with two attached hydrogens (primary N) is 1. The zero-order valence-electron chi connectivity index (χ0n) is 11.0. The Labute approximate surface area is 109 Å². The molecule has 1 unspecified atom stereocenters. The Morgan fingerprint density at radius 1 is 1.53 bits per heavy atom. The molecule has 0 bridgehead atoms. The molecule has 17 heavy (non-hydrogen) atoms. The molecular weight excluding hydrogens is 230 g/mol. The minimum absolute atomic E-state index is 0.377. The summed E-state index contributed by atoms with van der Waals surface area (Å²) in [7, 11) is 0. The Balaban J connectivity index is 3.08. The first-order valence-electron chi connectivity index (χ1n) is 6.00. The van der Waals surface area contributed by atoms with Crippen molar-refractivity contribution in [2.75, 3.05) is 5.32 Å². The van der Waals surface area contributed by atoms with E-state index in [1.807, 2.05) is 19.9 Å². The summed E-state index contributed by atoms with van der Waals surface area (Å²) >= 11 is 5.10. The van der Waals surface area contributed by atoms with E-state index in [-0.39, 0.29) is 0 Å². The second kappa shape index (κ2) is 5.96. The van der Waals surface area contributed by atoms with Crippen LogP contribution < -0.4 is 11.1 Å². The summed E-state index contributed by atoms with van der Waals surface area (Å²) in [5.74, 6) is 0.816. The number of thiocarbonyl (C=S) groups is 1. The van der Waals surface area contributed by atoms with Gasteiger partial charge in [-0.3, -0.25) is 0 Å². The summed E-state index contributed by atoms with van der Waals surface area (Å²) in [6.07, 6.45) is 2.24. The van der Waals surface area contributed by atoms with E-state index in [2.05, 4.69) is 24.1 Å². The molecule has 0 fully saturated rings. The van der Waals surface area contributed by atoms with Crippen LogP contribution in [-0.2, 0) is 0 Å². The van der Waals surface area contributed by atoms with Crippen molar-refractivity contribution in [1.29, 1.82) is 0 Å². The van der Waals surface area contributed by atoms with Crippen LogP contribution in [0.3, 0.4) is 0 Å². The lowest BCUT2D eigenvalue weighted by molar-refractivity contribution is 0.687. The Morgan fingerprint density at radius 3 is 2.71 bits per heavy atom. The molecule has 0 aromatic carbocycles. The van der Waals surface area contributed by atoms with E-state index >= 15 is 0 Å².